The zero-order valence-corrected chi connectivity index (χ0v) is 17.9. The third kappa shape index (κ3) is 5.02. The SMILES string of the molecule is CN1CCC(Cc2cccc(F)c2)(C(=O)NC[C@]2(O)CCN(c3cnccn3)C2)CC1. The van der Waals surface area contributed by atoms with Crippen molar-refractivity contribution < 1.29 is 14.3 Å². The van der Waals surface area contributed by atoms with E-state index in [1.165, 1.54) is 12.1 Å². The Morgan fingerprint density at radius 3 is 2.74 bits per heavy atom. The average molecular weight is 428 g/mol. The molecule has 2 aliphatic heterocycles. The van der Waals surface area contributed by atoms with Crippen molar-refractivity contribution in [2.75, 3.05) is 44.7 Å². The van der Waals surface area contributed by atoms with Crippen molar-refractivity contribution in [3.05, 3.63) is 54.2 Å². The Bertz CT molecular complexity index is 904. The zero-order valence-electron chi connectivity index (χ0n) is 17.9. The topological polar surface area (TPSA) is 81.6 Å². The number of rotatable bonds is 6. The number of aromatic nitrogens is 2. The van der Waals surface area contributed by atoms with Crippen molar-refractivity contribution in [3.63, 3.8) is 0 Å². The van der Waals surface area contributed by atoms with Crippen molar-refractivity contribution >= 4 is 11.7 Å². The molecule has 1 aromatic carbocycles. The molecule has 4 rings (SSSR count). The van der Waals surface area contributed by atoms with Gasteiger partial charge in [-0.05, 0) is 63.5 Å². The number of hydrogen-bond donors (Lipinski definition) is 2. The molecule has 0 radical (unpaired) electrons. The van der Waals surface area contributed by atoms with Gasteiger partial charge in [-0.1, -0.05) is 12.1 Å². The van der Waals surface area contributed by atoms with Crippen LogP contribution in [0.4, 0.5) is 10.2 Å². The van der Waals surface area contributed by atoms with Crippen LogP contribution in [0.5, 0.6) is 0 Å². The van der Waals surface area contributed by atoms with Crippen LogP contribution >= 0.6 is 0 Å². The summed E-state index contributed by atoms with van der Waals surface area (Å²) in [5, 5.41) is 14.1. The first-order valence-electron chi connectivity index (χ1n) is 10.8. The van der Waals surface area contributed by atoms with Crippen LogP contribution in [0.1, 0.15) is 24.8 Å². The first kappa shape index (κ1) is 21.6. The fourth-order valence-corrected chi connectivity index (χ4v) is 4.65. The number of nitrogens with one attached hydrogen (secondary N) is 1. The molecule has 3 heterocycles. The Labute approximate surface area is 182 Å². The van der Waals surface area contributed by atoms with Crippen LogP contribution in [0.3, 0.4) is 0 Å². The molecule has 0 aliphatic carbocycles. The van der Waals surface area contributed by atoms with E-state index in [-0.39, 0.29) is 18.3 Å². The van der Waals surface area contributed by atoms with Gasteiger partial charge in [-0.15, -0.1) is 0 Å². The third-order valence-corrected chi connectivity index (χ3v) is 6.64. The minimum atomic E-state index is -1.02. The number of piperidine rings is 1. The fourth-order valence-electron chi connectivity index (χ4n) is 4.65. The van der Waals surface area contributed by atoms with Gasteiger partial charge in [0.15, 0.2) is 0 Å². The number of benzene rings is 1. The summed E-state index contributed by atoms with van der Waals surface area (Å²) >= 11 is 0. The molecule has 7 nitrogen and oxygen atoms in total. The number of hydrogen-bond acceptors (Lipinski definition) is 6. The summed E-state index contributed by atoms with van der Waals surface area (Å²) in [6, 6.07) is 6.49. The molecule has 2 N–H and O–H groups in total. The van der Waals surface area contributed by atoms with Gasteiger partial charge in [0.05, 0.1) is 11.6 Å². The van der Waals surface area contributed by atoms with Crippen LogP contribution in [0.25, 0.3) is 0 Å². The molecule has 0 unspecified atom stereocenters. The number of carbonyl (C=O) groups is 1. The lowest BCUT2D eigenvalue weighted by atomic mass is 9.73. The Balaban J connectivity index is 1.43. The van der Waals surface area contributed by atoms with Crippen LogP contribution in [0, 0.1) is 11.2 Å². The molecule has 1 atom stereocenters. The van der Waals surface area contributed by atoms with E-state index in [2.05, 4.69) is 20.2 Å². The number of carbonyl (C=O) groups excluding carboxylic acids is 1. The third-order valence-electron chi connectivity index (χ3n) is 6.64. The molecule has 0 bridgehead atoms. The number of likely N-dealkylation sites (tertiary alicyclic amines) is 1. The van der Waals surface area contributed by atoms with Gasteiger partial charge in [-0.25, -0.2) is 9.37 Å². The molecule has 1 aromatic heterocycles. The summed E-state index contributed by atoms with van der Waals surface area (Å²) in [5.41, 5.74) is -0.786. The van der Waals surface area contributed by atoms with Gasteiger partial charge < -0.3 is 20.2 Å². The Morgan fingerprint density at radius 2 is 2.03 bits per heavy atom. The highest BCUT2D eigenvalue weighted by Gasteiger charge is 2.43. The smallest absolute Gasteiger partial charge is 0.226 e. The summed E-state index contributed by atoms with van der Waals surface area (Å²) < 4.78 is 13.7. The largest absolute Gasteiger partial charge is 0.386 e. The van der Waals surface area contributed by atoms with E-state index in [1.54, 1.807) is 24.7 Å². The Hall–Kier alpha value is -2.58. The number of amides is 1. The van der Waals surface area contributed by atoms with Crippen molar-refractivity contribution in [2.45, 2.75) is 31.3 Å². The number of nitrogens with zero attached hydrogens (tertiary/aromatic N) is 4. The second-order valence-electron chi connectivity index (χ2n) is 9.03. The number of β-amino-alcohol motifs (C(OH)–C–C–N with tert-alkyl or cyclic N) is 1. The van der Waals surface area contributed by atoms with E-state index < -0.39 is 11.0 Å². The van der Waals surface area contributed by atoms with E-state index in [0.717, 1.165) is 24.5 Å². The molecule has 0 saturated carbocycles. The second kappa shape index (κ2) is 8.88. The van der Waals surface area contributed by atoms with Crippen LogP contribution in [-0.2, 0) is 11.2 Å². The molecule has 166 valence electrons. The second-order valence-corrected chi connectivity index (χ2v) is 9.03. The van der Waals surface area contributed by atoms with Gasteiger partial charge in [0, 0.05) is 32.0 Å². The molecule has 31 heavy (non-hydrogen) atoms. The summed E-state index contributed by atoms with van der Waals surface area (Å²) in [4.78, 5) is 26.0. The molecule has 2 saturated heterocycles. The Kier molecular flexibility index (Phi) is 6.20. The number of anilines is 1. The minimum absolute atomic E-state index is 0.0590. The molecular weight excluding hydrogens is 397 g/mol. The molecule has 1 amide bonds. The highest BCUT2D eigenvalue weighted by atomic mass is 19.1. The monoisotopic (exact) mass is 427 g/mol. The maximum absolute atomic E-state index is 13.7. The molecular formula is C23H30FN5O2. The highest BCUT2D eigenvalue weighted by Crippen LogP contribution is 2.36. The minimum Gasteiger partial charge on any atom is -0.386 e. The Morgan fingerprint density at radius 1 is 1.23 bits per heavy atom. The van der Waals surface area contributed by atoms with Crippen LogP contribution in [-0.4, -0.2) is 71.3 Å². The molecule has 8 heteroatoms. The summed E-state index contributed by atoms with van der Waals surface area (Å²) in [5.74, 6) is 0.379. The summed E-state index contributed by atoms with van der Waals surface area (Å²) in [6.45, 7) is 2.86. The average Bonchev–Trinajstić information content (AvgIpc) is 3.17. The predicted octanol–water partition coefficient (Wildman–Crippen LogP) is 1.63. The van der Waals surface area contributed by atoms with Gasteiger partial charge in [0.25, 0.3) is 0 Å². The number of aliphatic hydroxyl groups is 1. The van der Waals surface area contributed by atoms with Crippen molar-refractivity contribution in [1.82, 2.24) is 20.2 Å². The first-order chi connectivity index (χ1) is 14.9. The fraction of sp³-hybridized carbons (Fsp3) is 0.522. The molecule has 2 aliphatic rings. The van der Waals surface area contributed by atoms with Gasteiger partial charge in [0.1, 0.15) is 17.2 Å². The van der Waals surface area contributed by atoms with Gasteiger partial charge in [-0.2, -0.15) is 0 Å². The van der Waals surface area contributed by atoms with E-state index in [1.807, 2.05) is 18.0 Å². The van der Waals surface area contributed by atoms with E-state index in [0.29, 0.717) is 38.8 Å². The van der Waals surface area contributed by atoms with Gasteiger partial charge >= 0.3 is 0 Å². The zero-order chi connectivity index (χ0) is 21.9. The number of halogens is 1. The lowest BCUT2D eigenvalue weighted by molar-refractivity contribution is -0.134. The molecule has 2 aromatic rings. The van der Waals surface area contributed by atoms with Crippen LogP contribution in [0.2, 0.25) is 0 Å². The van der Waals surface area contributed by atoms with E-state index in [9.17, 15) is 14.3 Å². The van der Waals surface area contributed by atoms with Crippen molar-refractivity contribution in [3.8, 4) is 0 Å². The summed E-state index contributed by atoms with van der Waals surface area (Å²) in [7, 11) is 2.05. The maximum atomic E-state index is 13.7. The normalized spacial score (nSPS) is 23.6. The quantitative estimate of drug-likeness (QED) is 0.729. The summed E-state index contributed by atoms with van der Waals surface area (Å²) in [6.07, 6.45) is 7.37. The molecule has 0 spiro atoms. The van der Waals surface area contributed by atoms with Crippen LogP contribution in [0.15, 0.2) is 42.9 Å². The predicted molar refractivity (Wildman–Crippen MR) is 116 cm³/mol. The molecule has 2 fully saturated rings. The van der Waals surface area contributed by atoms with Gasteiger partial charge in [0.2, 0.25) is 5.91 Å². The highest BCUT2D eigenvalue weighted by molar-refractivity contribution is 5.83. The van der Waals surface area contributed by atoms with Crippen LogP contribution < -0.4 is 10.2 Å². The lowest BCUT2D eigenvalue weighted by Gasteiger charge is -2.40. The van der Waals surface area contributed by atoms with Crippen molar-refractivity contribution in [1.29, 1.82) is 0 Å². The lowest BCUT2D eigenvalue weighted by Crippen LogP contribution is -2.53. The maximum Gasteiger partial charge on any atom is 0.226 e. The van der Waals surface area contributed by atoms with Gasteiger partial charge in [-0.3, -0.25) is 9.78 Å². The van der Waals surface area contributed by atoms with E-state index in [4.69, 9.17) is 0 Å². The van der Waals surface area contributed by atoms with E-state index >= 15 is 0 Å². The first-order valence-corrected chi connectivity index (χ1v) is 10.8. The van der Waals surface area contributed by atoms with Crippen molar-refractivity contribution in [2.24, 2.45) is 5.41 Å². The standard InChI is InChI=1S/C23H30FN5O2/c1-28-10-5-22(6-11-28,14-18-3-2-4-19(24)13-18)21(30)27-16-23(31)7-12-29(17-23)20-15-25-8-9-26-20/h2-4,8-9,13,15,31H,5-7,10-12,14,16-17H2,1H3,(H,27,30)/t23-/m1/s1.